The van der Waals surface area contributed by atoms with E-state index >= 15 is 0 Å². The van der Waals surface area contributed by atoms with E-state index in [0.717, 1.165) is 24.1 Å². The zero-order valence-electron chi connectivity index (χ0n) is 16.9. The van der Waals surface area contributed by atoms with Crippen LogP contribution in [0.1, 0.15) is 30.6 Å². The van der Waals surface area contributed by atoms with Crippen molar-refractivity contribution in [3.05, 3.63) is 46.3 Å². The molecule has 10 heteroatoms. The Kier molecular flexibility index (Phi) is 6.66. The van der Waals surface area contributed by atoms with Crippen LogP contribution in [-0.2, 0) is 26.2 Å². The Morgan fingerprint density at radius 3 is 2.68 bits per heavy atom. The molecule has 1 aromatic carbocycles. The summed E-state index contributed by atoms with van der Waals surface area (Å²) in [6, 6.07) is 10.3. The fourth-order valence-electron chi connectivity index (χ4n) is 3.92. The van der Waals surface area contributed by atoms with Gasteiger partial charge in [0.2, 0.25) is 11.8 Å². The normalized spacial score (nSPS) is 20.2. The summed E-state index contributed by atoms with van der Waals surface area (Å²) >= 11 is 7.19. The first-order chi connectivity index (χ1) is 14.8. The Labute approximate surface area is 191 Å². The van der Waals surface area contributed by atoms with Gasteiger partial charge in [0.15, 0.2) is 0 Å². The fourth-order valence-corrected chi connectivity index (χ4v) is 7.07. The Balaban J connectivity index is 1.35. The zero-order valence-corrected chi connectivity index (χ0v) is 19.3. The van der Waals surface area contributed by atoms with Gasteiger partial charge in [-0.05, 0) is 43.2 Å². The number of piperidine rings is 1. The second-order valence-corrected chi connectivity index (χ2v) is 11.6. The molecule has 2 aliphatic heterocycles. The molecular formula is C21H24ClN3O4S2. The quantitative estimate of drug-likeness (QED) is 0.686. The molecule has 0 radical (unpaired) electrons. The van der Waals surface area contributed by atoms with Gasteiger partial charge in [-0.15, -0.1) is 11.3 Å². The lowest BCUT2D eigenvalue weighted by Crippen LogP contribution is -2.35. The molecule has 1 atom stereocenters. The summed E-state index contributed by atoms with van der Waals surface area (Å²) in [4.78, 5) is 27.3. The van der Waals surface area contributed by atoms with Crippen molar-refractivity contribution in [3.8, 4) is 0 Å². The van der Waals surface area contributed by atoms with Crippen LogP contribution in [0.25, 0.3) is 0 Å². The minimum absolute atomic E-state index is 0.117. The summed E-state index contributed by atoms with van der Waals surface area (Å²) in [7, 11) is -3.47. The predicted molar refractivity (Wildman–Crippen MR) is 121 cm³/mol. The van der Waals surface area contributed by atoms with E-state index in [1.807, 2.05) is 0 Å². The number of nitrogens with zero attached hydrogens (tertiary/aromatic N) is 2. The number of anilines is 1. The van der Waals surface area contributed by atoms with E-state index in [4.69, 9.17) is 11.6 Å². The SMILES string of the molecule is O=C(NCc1ccc(S(=O)(=O)N2CCCCC2)s1)C1CC(=O)N(c2cccc(Cl)c2)C1. The summed E-state index contributed by atoms with van der Waals surface area (Å²) < 4.78 is 27.4. The highest BCUT2D eigenvalue weighted by molar-refractivity contribution is 7.91. The highest BCUT2D eigenvalue weighted by Gasteiger charge is 2.35. The van der Waals surface area contributed by atoms with E-state index in [1.54, 1.807) is 45.6 Å². The maximum atomic E-state index is 12.8. The Morgan fingerprint density at radius 2 is 1.94 bits per heavy atom. The third-order valence-electron chi connectivity index (χ3n) is 5.60. The molecule has 0 saturated carbocycles. The Hall–Kier alpha value is -1.94. The van der Waals surface area contributed by atoms with Gasteiger partial charge < -0.3 is 10.2 Å². The lowest BCUT2D eigenvalue weighted by molar-refractivity contribution is -0.126. The van der Waals surface area contributed by atoms with Crippen LogP contribution in [0.2, 0.25) is 5.02 Å². The average molecular weight is 482 g/mol. The van der Waals surface area contributed by atoms with Gasteiger partial charge in [0, 0.05) is 41.6 Å². The minimum atomic E-state index is -3.47. The zero-order chi connectivity index (χ0) is 22.0. The number of nitrogens with one attached hydrogen (secondary N) is 1. The number of amides is 2. The van der Waals surface area contributed by atoms with Crippen molar-refractivity contribution in [3.63, 3.8) is 0 Å². The number of hydrogen-bond donors (Lipinski definition) is 1. The molecule has 0 bridgehead atoms. The van der Waals surface area contributed by atoms with E-state index in [1.165, 1.54) is 11.3 Å². The standard InChI is InChI=1S/C21H24ClN3O4S2/c22-16-5-4-6-17(12-16)25-14-15(11-19(25)26)21(27)23-13-18-7-8-20(30-18)31(28,29)24-9-2-1-3-10-24/h4-8,12,15H,1-3,9-11,13-14H2,(H,23,27). The number of carbonyl (C=O) groups is 2. The number of halogens is 1. The molecule has 7 nitrogen and oxygen atoms in total. The first kappa shape index (κ1) is 22.3. The maximum Gasteiger partial charge on any atom is 0.252 e. The topological polar surface area (TPSA) is 86.8 Å². The van der Waals surface area contributed by atoms with Crippen LogP contribution in [-0.4, -0.2) is 44.2 Å². The van der Waals surface area contributed by atoms with Crippen molar-refractivity contribution in [2.45, 2.75) is 36.4 Å². The molecule has 0 spiro atoms. The molecule has 0 aliphatic carbocycles. The van der Waals surface area contributed by atoms with Crippen molar-refractivity contribution < 1.29 is 18.0 Å². The number of benzene rings is 1. The van der Waals surface area contributed by atoms with Gasteiger partial charge in [-0.2, -0.15) is 4.31 Å². The fraction of sp³-hybridized carbons (Fsp3) is 0.429. The van der Waals surface area contributed by atoms with E-state index in [0.29, 0.717) is 34.6 Å². The van der Waals surface area contributed by atoms with Crippen LogP contribution in [0.3, 0.4) is 0 Å². The summed E-state index contributed by atoms with van der Waals surface area (Å²) in [5.41, 5.74) is 0.679. The monoisotopic (exact) mass is 481 g/mol. The molecule has 2 amide bonds. The van der Waals surface area contributed by atoms with Gasteiger partial charge in [-0.1, -0.05) is 24.1 Å². The van der Waals surface area contributed by atoms with E-state index < -0.39 is 15.9 Å². The minimum Gasteiger partial charge on any atom is -0.351 e. The highest BCUT2D eigenvalue weighted by atomic mass is 35.5. The Morgan fingerprint density at radius 1 is 1.16 bits per heavy atom. The van der Waals surface area contributed by atoms with Crippen molar-refractivity contribution >= 4 is 50.5 Å². The smallest absolute Gasteiger partial charge is 0.252 e. The van der Waals surface area contributed by atoms with Crippen molar-refractivity contribution in [1.29, 1.82) is 0 Å². The largest absolute Gasteiger partial charge is 0.351 e. The molecule has 1 unspecified atom stereocenters. The molecule has 31 heavy (non-hydrogen) atoms. The van der Waals surface area contributed by atoms with Crippen molar-refractivity contribution in [2.24, 2.45) is 5.92 Å². The highest BCUT2D eigenvalue weighted by Crippen LogP contribution is 2.29. The van der Waals surface area contributed by atoms with E-state index in [2.05, 4.69) is 5.32 Å². The number of rotatable bonds is 6. The summed E-state index contributed by atoms with van der Waals surface area (Å²) in [6.07, 6.45) is 2.98. The maximum absolute atomic E-state index is 12.8. The van der Waals surface area contributed by atoms with Gasteiger partial charge in [0.25, 0.3) is 10.0 Å². The molecular weight excluding hydrogens is 458 g/mol. The third-order valence-corrected chi connectivity index (χ3v) is 9.29. The molecule has 1 aromatic heterocycles. The second kappa shape index (κ2) is 9.28. The van der Waals surface area contributed by atoms with Gasteiger partial charge in [0.05, 0.1) is 12.5 Å². The number of carbonyl (C=O) groups excluding carboxylic acids is 2. The number of thiophene rings is 1. The molecule has 2 saturated heterocycles. The van der Waals surface area contributed by atoms with Crippen LogP contribution < -0.4 is 10.2 Å². The molecule has 1 N–H and O–H groups in total. The summed E-state index contributed by atoms with van der Waals surface area (Å²) in [5.74, 6) is -0.789. The number of sulfonamides is 1. The van der Waals surface area contributed by atoms with E-state index in [9.17, 15) is 18.0 Å². The molecule has 2 aliphatic rings. The third kappa shape index (κ3) is 4.95. The molecule has 3 heterocycles. The van der Waals surface area contributed by atoms with Crippen LogP contribution in [0.5, 0.6) is 0 Å². The van der Waals surface area contributed by atoms with Gasteiger partial charge in [-0.3, -0.25) is 9.59 Å². The average Bonchev–Trinajstić information content (AvgIpc) is 3.40. The number of hydrogen-bond acceptors (Lipinski definition) is 5. The Bertz CT molecular complexity index is 1080. The molecule has 4 rings (SSSR count). The van der Waals surface area contributed by atoms with Crippen LogP contribution in [0.15, 0.2) is 40.6 Å². The molecule has 2 fully saturated rings. The van der Waals surface area contributed by atoms with Gasteiger partial charge >= 0.3 is 0 Å². The van der Waals surface area contributed by atoms with Crippen LogP contribution >= 0.6 is 22.9 Å². The van der Waals surface area contributed by atoms with E-state index in [-0.39, 0.29) is 24.8 Å². The second-order valence-electron chi connectivity index (χ2n) is 7.79. The van der Waals surface area contributed by atoms with Crippen LogP contribution in [0.4, 0.5) is 5.69 Å². The summed E-state index contributed by atoms with van der Waals surface area (Å²) in [5, 5.41) is 3.38. The predicted octanol–water partition coefficient (Wildman–Crippen LogP) is 3.25. The lowest BCUT2D eigenvalue weighted by Gasteiger charge is -2.25. The first-order valence-corrected chi connectivity index (χ1v) is 12.9. The van der Waals surface area contributed by atoms with Crippen LogP contribution in [0, 0.1) is 5.92 Å². The molecule has 166 valence electrons. The first-order valence-electron chi connectivity index (χ1n) is 10.3. The molecule has 2 aromatic rings. The lowest BCUT2D eigenvalue weighted by atomic mass is 10.1. The van der Waals surface area contributed by atoms with Crippen molar-refractivity contribution in [2.75, 3.05) is 24.5 Å². The van der Waals surface area contributed by atoms with Gasteiger partial charge in [0.1, 0.15) is 4.21 Å². The van der Waals surface area contributed by atoms with Crippen molar-refractivity contribution in [1.82, 2.24) is 9.62 Å². The van der Waals surface area contributed by atoms with Gasteiger partial charge in [-0.25, -0.2) is 8.42 Å². The summed E-state index contributed by atoms with van der Waals surface area (Å²) in [6.45, 7) is 1.65.